The summed E-state index contributed by atoms with van der Waals surface area (Å²) in [6, 6.07) is 2.54. The van der Waals surface area contributed by atoms with Gasteiger partial charge in [0.05, 0.1) is 0 Å². The molecule has 2 heterocycles. The van der Waals surface area contributed by atoms with E-state index in [9.17, 15) is 0 Å². The van der Waals surface area contributed by atoms with Gasteiger partial charge in [-0.25, -0.2) is 0 Å². The summed E-state index contributed by atoms with van der Waals surface area (Å²) in [6.07, 6.45) is 11.7. The van der Waals surface area contributed by atoms with E-state index in [1.165, 1.54) is 57.9 Å². The molecule has 104 valence electrons. The second kappa shape index (κ2) is 5.50. The van der Waals surface area contributed by atoms with E-state index in [-0.39, 0.29) is 0 Å². The standard InChI is InChI=1S/C16H30N2/c1-12(8-13-4-3-5-13)17-11-14-9-15-6-7-16(10-14)18(15)2/h12-17H,3-11H2,1-2H3. The summed E-state index contributed by atoms with van der Waals surface area (Å²) in [6.45, 7) is 3.66. The highest BCUT2D eigenvalue weighted by molar-refractivity contribution is 4.94. The van der Waals surface area contributed by atoms with Crippen LogP contribution in [0.4, 0.5) is 0 Å². The molecule has 2 saturated heterocycles. The van der Waals surface area contributed by atoms with Crippen LogP contribution >= 0.6 is 0 Å². The normalized spacial score (nSPS) is 38.7. The lowest BCUT2D eigenvalue weighted by Gasteiger charge is -2.37. The van der Waals surface area contributed by atoms with Crippen molar-refractivity contribution in [1.29, 1.82) is 0 Å². The van der Waals surface area contributed by atoms with Gasteiger partial charge in [-0.3, -0.25) is 0 Å². The van der Waals surface area contributed by atoms with Gasteiger partial charge in [0, 0.05) is 18.1 Å². The number of piperidine rings is 1. The van der Waals surface area contributed by atoms with Gasteiger partial charge in [-0.05, 0) is 64.5 Å². The first kappa shape index (κ1) is 12.9. The molecule has 0 aromatic heterocycles. The maximum absolute atomic E-state index is 3.82. The van der Waals surface area contributed by atoms with Crippen LogP contribution in [-0.2, 0) is 0 Å². The van der Waals surface area contributed by atoms with Crippen LogP contribution < -0.4 is 5.32 Å². The molecule has 0 aromatic carbocycles. The zero-order valence-electron chi connectivity index (χ0n) is 12.2. The average molecular weight is 250 g/mol. The molecule has 1 aliphatic carbocycles. The highest BCUT2D eigenvalue weighted by Crippen LogP contribution is 2.37. The van der Waals surface area contributed by atoms with Gasteiger partial charge in [-0.2, -0.15) is 0 Å². The van der Waals surface area contributed by atoms with Crippen LogP contribution in [-0.4, -0.2) is 36.6 Å². The third-order valence-corrected chi connectivity index (χ3v) is 5.86. The fourth-order valence-corrected chi connectivity index (χ4v) is 4.37. The highest BCUT2D eigenvalue weighted by Gasteiger charge is 2.38. The summed E-state index contributed by atoms with van der Waals surface area (Å²) in [5.41, 5.74) is 0. The first-order valence-electron chi connectivity index (χ1n) is 8.17. The minimum absolute atomic E-state index is 0.743. The van der Waals surface area contributed by atoms with Crippen molar-refractivity contribution >= 4 is 0 Å². The van der Waals surface area contributed by atoms with Crippen LogP contribution in [0.1, 0.15) is 58.3 Å². The van der Waals surface area contributed by atoms with Crippen LogP contribution in [0, 0.1) is 11.8 Å². The Morgan fingerprint density at radius 3 is 2.28 bits per heavy atom. The van der Waals surface area contributed by atoms with Crippen molar-refractivity contribution in [2.75, 3.05) is 13.6 Å². The molecule has 18 heavy (non-hydrogen) atoms. The molecule has 1 saturated carbocycles. The van der Waals surface area contributed by atoms with E-state index in [1.54, 1.807) is 0 Å². The fraction of sp³-hybridized carbons (Fsp3) is 1.00. The summed E-state index contributed by atoms with van der Waals surface area (Å²) < 4.78 is 0. The molecule has 2 bridgehead atoms. The Kier molecular flexibility index (Phi) is 3.95. The van der Waals surface area contributed by atoms with Gasteiger partial charge in [-0.1, -0.05) is 19.3 Å². The molecule has 0 aromatic rings. The lowest BCUT2D eigenvalue weighted by atomic mass is 9.81. The molecule has 3 atom stereocenters. The summed E-state index contributed by atoms with van der Waals surface area (Å²) in [7, 11) is 2.34. The molecule has 3 fully saturated rings. The molecule has 1 N–H and O–H groups in total. The SMILES string of the molecule is CC(CC1CCC1)NCC1CC2CCC(C1)N2C. The van der Waals surface area contributed by atoms with Crippen molar-refractivity contribution in [2.24, 2.45) is 11.8 Å². The first-order chi connectivity index (χ1) is 8.72. The zero-order chi connectivity index (χ0) is 12.5. The molecule has 3 rings (SSSR count). The molecule has 2 aliphatic heterocycles. The number of nitrogens with one attached hydrogen (secondary N) is 1. The van der Waals surface area contributed by atoms with E-state index >= 15 is 0 Å². The minimum atomic E-state index is 0.743. The Hall–Kier alpha value is -0.0800. The zero-order valence-corrected chi connectivity index (χ0v) is 12.2. The minimum Gasteiger partial charge on any atom is -0.314 e. The van der Waals surface area contributed by atoms with Crippen LogP contribution in [0.15, 0.2) is 0 Å². The molecule has 0 amide bonds. The second-order valence-corrected chi connectivity index (χ2v) is 7.23. The molecule has 3 aliphatic rings. The van der Waals surface area contributed by atoms with Crippen LogP contribution in [0.5, 0.6) is 0 Å². The molecule has 2 nitrogen and oxygen atoms in total. The number of nitrogens with zero attached hydrogens (tertiary/aromatic N) is 1. The number of hydrogen-bond acceptors (Lipinski definition) is 2. The average Bonchev–Trinajstić information content (AvgIpc) is 2.54. The Morgan fingerprint density at radius 1 is 1.06 bits per heavy atom. The predicted molar refractivity (Wildman–Crippen MR) is 76.7 cm³/mol. The van der Waals surface area contributed by atoms with Gasteiger partial charge < -0.3 is 10.2 Å². The smallest absolute Gasteiger partial charge is 0.00988 e. The second-order valence-electron chi connectivity index (χ2n) is 7.23. The van der Waals surface area contributed by atoms with Crippen molar-refractivity contribution in [1.82, 2.24) is 10.2 Å². The quantitative estimate of drug-likeness (QED) is 0.807. The first-order valence-corrected chi connectivity index (χ1v) is 8.17. The number of fused-ring (bicyclic) bond motifs is 2. The van der Waals surface area contributed by atoms with Gasteiger partial charge in [-0.15, -0.1) is 0 Å². The topological polar surface area (TPSA) is 15.3 Å². The maximum Gasteiger partial charge on any atom is 0.00988 e. The predicted octanol–water partition coefficient (Wildman–Crippen LogP) is 3.03. The lowest BCUT2D eigenvalue weighted by molar-refractivity contribution is 0.130. The van der Waals surface area contributed by atoms with E-state index in [1.807, 2.05) is 0 Å². The van der Waals surface area contributed by atoms with E-state index < -0.39 is 0 Å². The molecular weight excluding hydrogens is 220 g/mol. The monoisotopic (exact) mass is 250 g/mol. The van der Waals surface area contributed by atoms with Crippen LogP contribution in [0.3, 0.4) is 0 Å². The van der Waals surface area contributed by atoms with E-state index in [0.29, 0.717) is 0 Å². The van der Waals surface area contributed by atoms with Gasteiger partial charge in [0.25, 0.3) is 0 Å². The molecule has 3 unspecified atom stereocenters. The summed E-state index contributed by atoms with van der Waals surface area (Å²) in [4.78, 5) is 2.65. The summed E-state index contributed by atoms with van der Waals surface area (Å²) in [5.74, 6) is 1.99. The number of hydrogen-bond donors (Lipinski definition) is 1. The van der Waals surface area contributed by atoms with Crippen molar-refractivity contribution in [3.63, 3.8) is 0 Å². The van der Waals surface area contributed by atoms with Crippen molar-refractivity contribution in [3.05, 3.63) is 0 Å². The van der Waals surface area contributed by atoms with Crippen LogP contribution in [0.2, 0.25) is 0 Å². The number of rotatable bonds is 5. The Bertz CT molecular complexity index is 260. The van der Waals surface area contributed by atoms with Crippen LogP contribution in [0.25, 0.3) is 0 Å². The van der Waals surface area contributed by atoms with Crippen molar-refractivity contribution in [3.8, 4) is 0 Å². The van der Waals surface area contributed by atoms with Crippen molar-refractivity contribution < 1.29 is 0 Å². The Labute approximate surface area is 113 Å². The van der Waals surface area contributed by atoms with Gasteiger partial charge >= 0.3 is 0 Å². The van der Waals surface area contributed by atoms with E-state index in [2.05, 4.69) is 24.2 Å². The lowest BCUT2D eigenvalue weighted by Crippen LogP contribution is -2.44. The van der Waals surface area contributed by atoms with E-state index in [4.69, 9.17) is 0 Å². The third-order valence-electron chi connectivity index (χ3n) is 5.86. The Morgan fingerprint density at radius 2 is 1.72 bits per heavy atom. The van der Waals surface area contributed by atoms with Gasteiger partial charge in [0.2, 0.25) is 0 Å². The highest BCUT2D eigenvalue weighted by atomic mass is 15.2. The summed E-state index contributed by atoms with van der Waals surface area (Å²) >= 11 is 0. The fourth-order valence-electron chi connectivity index (χ4n) is 4.37. The molecule has 2 heteroatoms. The molecule has 0 radical (unpaired) electrons. The largest absolute Gasteiger partial charge is 0.314 e. The van der Waals surface area contributed by atoms with Crippen molar-refractivity contribution in [2.45, 2.75) is 76.4 Å². The molecular formula is C16H30N2. The third kappa shape index (κ3) is 2.75. The summed E-state index contributed by atoms with van der Waals surface area (Å²) in [5, 5.41) is 3.82. The maximum atomic E-state index is 3.82. The van der Waals surface area contributed by atoms with Gasteiger partial charge in [0.1, 0.15) is 0 Å². The van der Waals surface area contributed by atoms with Gasteiger partial charge in [0.15, 0.2) is 0 Å². The molecule has 0 spiro atoms. The Balaban J connectivity index is 1.38. The van der Waals surface area contributed by atoms with E-state index in [0.717, 1.165) is 30.0 Å².